The Labute approximate surface area is 101 Å². The van der Waals surface area contributed by atoms with Gasteiger partial charge in [-0.1, -0.05) is 0 Å². The minimum atomic E-state index is -0.775. The van der Waals surface area contributed by atoms with Crippen molar-refractivity contribution in [1.82, 2.24) is 0 Å². The maximum atomic E-state index is 13.7. The molecule has 1 rings (SSSR count). The van der Waals surface area contributed by atoms with E-state index in [0.717, 1.165) is 0 Å². The Hall–Kier alpha value is -0.590. The summed E-state index contributed by atoms with van der Waals surface area (Å²) in [5.74, 6) is -1.81. The quantitative estimate of drug-likeness (QED) is 0.789. The van der Waals surface area contributed by atoms with Crippen LogP contribution >= 0.6 is 22.6 Å². The second-order valence-corrected chi connectivity index (χ2v) is 3.84. The molecule has 0 amide bonds. The first-order chi connectivity index (χ1) is 7.11. The highest BCUT2D eigenvalue weighted by molar-refractivity contribution is 14.1. The molecule has 1 aromatic carbocycles. The Kier molecular flexibility index (Phi) is 4.56. The van der Waals surface area contributed by atoms with Crippen LogP contribution in [0.15, 0.2) is 6.07 Å². The fourth-order valence-electron chi connectivity index (χ4n) is 1.11. The lowest BCUT2D eigenvalue weighted by molar-refractivity contribution is 0.278. The van der Waals surface area contributed by atoms with E-state index < -0.39 is 11.6 Å². The first-order valence-corrected chi connectivity index (χ1v) is 5.62. The summed E-state index contributed by atoms with van der Waals surface area (Å²) in [6.07, 6.45) is 0. The van der Waals surface area contributed by atoms with Gasteiger partial charge in [-0.15, -0.1) is 0 Å². The largest absolute Gasteiger partial charge is 0.490 e. The molecule has 2 nitrogen and oxygen atoms in total. The van der Waals surface area contributed by atoms with E-state index in [0.29, 0.717) is 10.2 Å². The van der Waals surface area contributed by atoms with Gasteiger partial charge in [0.15, 0.2) is 17.3 Å². The molecule has 0 atom stereocenters. The van der Waals surface area contributed by atoms with Gasteiger partial charge in [-0.3, -0.25) is 0 Å². The van der Waals surface area contributed by atoms with E-state index in [2.05, 4.69) is 0 Å². The molecule has 0 radical (unpaired) electrons. The normalized spacial score (nSPS) is 10.2. The van der Waals surface area contributed by atoms with E-state index in [4.69, 9.17) is 9.47 Å². The van der Waals surface area contributed by atoms with Crippen molar-refractivity contribution in [3.8, 4) is 11.5 Å². The molecule has 0 fully saturated rings. The highest BCUT2D eigenvalue weighted by Crippen LogP contribution is 2.34. The van der Waals surface area contributed by atoms with Gasteiger partial charge in [0.1, 0.15) is 0 Å². The Morgan fingerprint density at radius 2 is 1.67 bits per heavy atom. The molecule has 84 valence electrons. The number of hydrogen-bond acceptors (Lipinski definition) is 2. The third kappa shape index (κ3) is 2.70. The predicted octanol–water partition coefficient (Wildman–Crippen LogP) is 3.37. The number of halogens is 3. The molecular weight excluding hydrogens is 317 g/mol. The SMILES string of the molecule is CCOc1c(F)cc(I)c(OCC)c1F. The van der Waals surface area contributed by atoms with Crippen LogP contribution in [0.3, 0.4) is 0 Å². The lowest BCUT2D eigenvalue weighted by atomic mass is 10.3. The second-order valence-electron chi connectivity index (χ2n) is 2.68. The van der Waals surface area contributed by atoms with E-state index in [1.807, 2.05) is 22.6 Å². The fraction of sp³-hybridized carbons (Fsp3) is 0.400. The molecule has 0 spiro atoms. The summed E-state index contributed by atoms with van der Waals surface area (Å²) in [6, 6.07) is 1.19. The fourth-order valence-corrected chi connectivity index (χ4v) is 1.77. The highest BCUT2D eigenvalue weighted by atomic mass is 127. The van der Waals surface area contributed by atoms with Gasteiger partial charge in [-0.2, -0.15) is 4.39 Å². The molecular formula is C10H11F2IO2. The molecule has 0 N–H and O–H groups in total. The summed E-state index contributed by atoms with van der Waals surface area (Å²) in [6.45, 7) is 3.93. The maximum Gasteiger partial charge on any atom is 0.211 e. The number of hydrogen-bond donors (Lipinski definition) is 0. The molecule has 0 unspecified atom stereocenters. The Morgan fingerprint density at radius 1 is 1.13 bits per heavy atom. The summed E-state index contributed by atoms with van der Waals surface area (Å²) in [5.41, 5.74) is 0. The van der Waals surface area contributed by atoms with Crippen LogP contribution in [0, 0.1) is 15.2 Å². The van der Waals surface area contributed by atoms with Gasteiger partial charge in [-0.05, 0) is 42.5 Å². The summed E-state index contributed by atoms with van der Waals surface area (Å²) in [5, 5.41) is 0. The molecule has 15 heavy (non-hydrogen) atoms. The molecule has 5 heteroatoms. The summed E-state index contributed by atoms with van der Waals surface area (Å²) in [4.78, 5) is 0. The van der Waals surface area contributed by atoms with Gasteiger partial charge < -0.3 is 9.47 Å². The van der Waals surface area contributed by atoms with Crippen molar-refractivity contribution in [2.24, 2.45) is 0 Å². The standard InChI is InChI=1S/C10H11F2IO2/c1-3-14-9-6(11)5-7(13)10(8(9)12)15-4-2/h5H,3-4H2,1-2H3. The molecule has 0 aliphatic heterocycles. The van der Waals surface area contributed by atoms with Crippen molar-refractivity contribution in [2.75, 3.05) is 13.2 Å². The van der Waals surface area contributed by atoms with Crippen LogP contribution in [0.2, 0.25) is 0 Å². The van der Waals surface area contributed by atoms with Crippen LogP contribution in [-0.2, 0) is 0 Å². The van der Waals surface area contributed by atoms with Gasteiger partial charge >= 0.3 is 0 Å². The first kappa shape index (κ1) is 12.5. The van der Waals surface area contributed by atoms with E-state index in [1.54, 1.807) is 13.8 Å². The summed E-state index contributed by atoms with van der Waals surface area (Å²) in [7, 11) is 0. The van der Waals surface area contributed by atoms with Gasteiger partial charge in [-0.25, -0.2) is 4.39 Å². The lowest BCUT2D eigenvalue weighted by Gasteiger charge is -2.12. The van der Waals surface area contributed by atoms with E-state index in [-0.39, 0.29) is 18.1 Å². The highest BCUT2D eigenvalue weighted by Gasteiger charge is 2.19. The van der Waals surface area contributed by atoms with Crippen molar-refractivity contribution in [3.63, 3.8) is 0 Å². The van der Waals surface area contributed by atoms with Crippen LogP contribution in [0.1, 0.15) is 13.8 Å². The average molecular weight is 328 g/mol. The van der Waals surface area contributed by atoms with Crippen molar-refractivity contribution >= 4 is 22.6 Å². The molecule has 0 heterocycles. The van der Waals surface area contributed by atoms with Crippen molar-refractivity contribution < 1.29 is 18.3 Å². The third-order valence-corrected chi connectivity index (χ3v) is 2.46. The number of rotatable bonds is 4. The third-order valence-electron chi connectivity index (χ3n) is 1.66. The summed E-state index contributed by atoms with van der Waals surface area (Å²) < 4.78 is 37.3. The van der Waals surface area contributed by atoms with Crippen LogP contribution < -0.4 is 9.47 Å². The van der Waals surface area contributed by atoms with Crippen LogP contribution in [0.5, 0.6) is 11.5 Å². The van der Waals surface area contributed by atoms with Gasteiger partial charge in [0, 0.05) is 0 Å². The summed E-state index contributed by atoms with van der Waals surface area (Å²) >= 11 is 1.82. The monoisotopic (exact) mass is 328 g/mol. The molecule has 0 aliphatic carbocycles. The first-order valence-electron chi connectivity index (χ1n) is 4.54. The second kappa shape index (κ2) is 5.48. The van der Waals surface area contributed by atoms with Gasteiger partial charge in [0.25, 0.3) is 0 Å². The van der Waals surface area contributed by atoms with E-state index >= 15 is 0 Å². The van der Waals surface area contributed by atoms with Crippen LogP contribution in [-0.4, -0.2) is 13.2 Å². The Balaban J connectivity index is 3.22. The van der Waals surface area contributed by atoms with E-state index in [1.165, 1.54) is 6.07 Å². The smallest absolute Gasteiger partial charge is 0.211 e. The molecule has 0 bridgehead atoms. The number of ether oxygens (including phenoxy) is 2. The Morgan fingerprint density at radius 3 is 2.20 bits per heavy atom. The van der Waals surface area contributed by atoms with Gasteiger partial charge in [0.05, 0.1) is 16.8 Å². The van der Waals surface area contributed by atoms with Gasteiger partial charge in [0.2, 0.25) is 5.82 Å². The zero-order chi connectivity index (χ0) is 11.4. The zero-order valence-electron chi connectivity index (χ0n) is 8.44. The molecule has 0 saturated heterocycles. The minimum Gasteiger partial charge on any atom is -0.490 e. The van der Waals surface area contributed by atoms with Crippen LogP contribution in [0.4, 0.5) is 8.78 Å². The van der Waals surface area contributed by atoms with Crippen molar-refractivity contribution in [1.29, 1.82) is 0 Å². The van der Waals surface area contributed by atoms with Crippen molar-refractivity contribution in [3.05, 3.63) is 21.3 Å². The topological polar surface area (TPSA) is 18.5 Å². The molecule has 0 aromatic heterocycles. The maximum absolute atomic E-state index is 13.7. The Bertz CT molecular complexity index is 326. The van der Waals surface area contributed by atoms with Crippen LogP contribution in [0.25, 0.3) is 0 Å². The van der Waals surface area contributed by atoms with E-state index in [9.17, 15) is 8.78 Å². The van der Waals surface area contributed by atoms with Crippen molar-refractivity contribution in [2.45, 2.75) is 13.8 Å². The zero-order valence-corrected chi connectivity index (χ0v) is 10.6. The molecule has 0 aliphatic rings. The molecule has 0 saturated carbocycles. The predicted molar refractivity (Wildman–Crippen MR) is 61.4 cm³/mol. The molecule has 1 aromatic rings. The number of benzene rings is 1. The lowest BCUT2D eigenvalue weighted by Crippen LogP contribution is -2.03. The average Bonchev–Trinajstić information content (AvgIpc) is 2.19. The minimum absolute atomic E-state index is 0.0444.